The molecule has 0 aromatic heterocycles. The number of hydrogen-bond acceptors (Lipinski definition) is 0. The number of aryl methyl sites for hydroxylation is 1. The van der Waals surface area contributed by atoms with E-state index in [0.29, 0.717) is 5.92 Å². The van der Waals surface area contributed by atoms with Crippen molar-refractivity contribution < 1.29 is 0 Å². The molecule has 0 nitrogen and oxygen atoms in total. The predicted molar refractivity (Wildman–Crippen MR) is 91.8 cm³/mol. The van der Waals surface area contributed by atoms with E-state index in [1.807, 2.05) is 12.1 Å². The summed E-state index contributed by atoms with van der Waals surface area (Å²) in [6, 6.07) is 18.9. The molecule has 0 radical (unpaired) electrons. The molecule has 0 saturated heterocycles. The van der Waals surface area contributed by atoms with E-state index in [0.717, 1.165) is 23.2 Å². The fourth-order valence-corrected chi connectivity index (χ4v) is 3.21. The maximum absolute atomic E-state index is 6.24. The Morgan fingerprint density at radius 3 is 2.35 bits per heavy atom. The molecule has 2 aromatic rings. The van der Waals surface area contributed by atoms with Crippen molar-refractivity contribution in [2.24, 2.45) is 5.92 Å². The van der Waals surface area contributed by atoms with Crippen LogP contribution in [0.1, 0.15) is 24.0 Å². The van der Waals surface area contributed by atoms with Gasteiger partial charge in [0.05, 0.1) is 0 Å². The molecule has 2 aromatic carbocycles. The first-order valence-electron chi connectivity index (χ1n) is 7.13. The van der Waals surface area contributed by atoms with Gasteiger partial charge in [-0.2, -0.15) is 0 Å². The Morgan fingerprint density at radius 2 is 1.65 bits per heavy atom. The highest BCUT2D eigenvalue weighted by atomic mass is 79.9. The van der Waals surface area contributed by atoms with E-state index in [4.69, 9.17) is 11.6 Å². The molecular weight excluding hydrogens is 332 g/mol. The molecule has 0 aliphatic carbocycles. The monoisotopic (exact) mass is 350 g/mol. The van der Waals surface area contributed by atoms with Gasteiger partial charge >= 0.3 is 0 Å². The van der Waals surface area contributed by atoms with E-state index >= 15 is 0 Å². The standard InChI is InChI=1S/C18H20BrCl/c19-14-16(13-17-11-4-5-12-18(17)20)10-6-9-15-7-2-1-3-8-15/h1-5,7-8,11-12,16H,6,9-10,13-14H2. The SMILES string of the molecule is Clc1ccccc1CC(CBr)CCCc1ccccc1. The van der Waals surface area contributed by atoms with Crippen LogP contribution < -0.4 is 0 Å². The Hall–Kier alpha value is -0.790. The summed E-state index contributed by atoms with van der Waals surface area (Å²) in [6.45, 7) is 0. The molecule has 106 valence electrons. The zero-order valence-electron chi connectivity index (χ0n) is 11.6. The summed E-state index contributed by atoms with van der Waals surface area (Å²) in [6.07, 6.45) is 4.67. The molecule has 0 bridgehead atoms. The molecular formula is C18H20BrCl. The maximum atomic E-state index is 6.24. The van der Waals surface area contributed by atoms with Crippen LogP contribution in [-0.4, -0.2) is 5.33 Å². The van der Waals surface area contributed by atoms with Crippen molar-refractivity contribution in [2.75, 3.05) is 5.33 Å². The van der Waals surface area contributed by atoms with Gasteiger partial charge < -0.3 is 0 Å². The van der Waals surface area contributed by atoms with Gasteiger partial charge in [0.1, 0.15) is 0 Å². The molecule has 0 N–H and O–H groups in total. The van der Waals surface area contributed by atoms with E-state index in [1.54, 1.807) is 0 Å². The molecule has 20 heavy (non-hydrogen) atoms. The van der Waals surface area contributed by atoms with Crippen LogP contribution in [0.5, 0.6) is 0 Å². The molecule has 2 heteroatoms. The summed E-state index contributed by atoms with van der Waals surface area (Å²) in [5.74, 6) is 0.651. The normalized spacial score (nSPS) is 12.3. The maximum Gasteiger partial charge on any atom is 0.0438 e. The van der Waals surface area contributed by atoms with Crippen LogP contribution in [0.3, 0.4) is 0 Å². The van der Waals surface area contributed by atoms with E-state index < -0.39 is 0 Å². The Morgan fingerprint density at radius 1 is 0.950 bits per heavy atom. The van der Waals surface area contributed by atoms with Crippen LogP contribution in [0.25, 0.3) is 0 Å². The second-order valence-corrected chi connectivity index (χ2v) is 6.25. The highest BCUT2D eigenvalue weighted by Crippen LogP contribution is 2.23. The van der Waals surface area contributed by atoms with Crippen molar-refractivity contribution in [2.45, 2.75) is 25.7 Å². The van der Waals surface area contributed by atoms with Crippen LogP contribution in [0.15, 0.2) is 54.6 Å². The Balaban J connectivity index is 1.82. The summed E-state index contributed by atoms with van der Waals surface area (Å²) in [5, 5.41) is 1.93. The van der Waals surface area contributed by atoms with Crippen LogP contribution in [0, 0.1) is 5.92 Å². The first kappa shape index (κ1) is 15.6. The van der Waals surface area contributed by atoms with Gasteiger partial charge in [0.2, 0.25) is 0 Å². The largest absolute Gasteiger partial charge is 0.0925 e. The lowest BCUT2D eigenvalue weighted by molar-refractivity contribution is 0.519. The number of hydrogen-bond donors (Lipinski definition) is 0. The molecule has 1 atom stereocenters. The van der Waals surface area contributed by atoms with Gasteiger partial charge in [-0.3, -0.25) is 0 Å². The van der Waals surface area contributed by atoms with E-state index in [9.17, 15) is 0 Å². The Bertz CT molecular complexity index is 510. The summed E-state index contributed by atoms with van der Waals surface area (Å²) in [7, 11) is 0. The zero-order chi connectivity index (χ0) is 14.2. The van der Waals surface area contributed by atoms with Crippen molar-refractivity contribution >= 4 is 27.5 Å². The third-order valence-corrected chi connectivity index (χ3v) is 4.89. The summed E-state index contributed by atoms with van der Waals surface area (Å²) >= 11 is 9.88. The predicted octanol–water partition coefficient (Wildman–Crippen LogP) is 5.92. The zero-order valence-corrected chi connectivity index (χ0v) is 13.9. The van der Waals surface area contributed by atoms with Crippen LogP contribution in [-0.2, 0) is 12.8 Å². The molecule has 0 saturated carbocycles. The molecule has 0 aliphatic rings. The summed E-state index contributed by atoms with van der Waals surface area (Å²) in [5.41, 5.74) is 2.69. The van der Waals surface area contributed by atoms with Gasteiger partial charge in [-0.15, -0.1) is 0 Å². The molecule has 0 spiro atoms. The number of halogens is 2. The lowest BCUT2D eigenvalue weighted by atomic mass is 9.94. The van der Waals surface area contributed by atoms with E-state index in [1.165, 1.54) is 24.0 Å². The van der Waals surface area contributed by atoms with Crippen molar-refractivity contribution in [3.05, 3.63) is 70.7 Å². The van der Waals surface area contributed by atoms with Gasteiger partial charge in [0.15, 0.2) is 0 Å². The molecule has 1 unspecified atom stereocenters. The van der Waals surface area contributed by atoms with Gasteiger partial charge in [0, 0.05) is 10.4 Å². The molecule has 0 amide bonds. The minimum Gasteiger partial charge on any atom is -0.0925 e. The van der Waals surface area contributed by atoms with Gasteiger partial charge in [-0.1, -0.05) is 76.1 Å². The minimum atomic E-state index is 0.651. The highest BCUT2D eigenvalue weighted by molar-refractivity contribution is 9.09. The Labute approximate surface area is 135 Å². The minimum absolute atomic E-state index is 0.651. The first-order chi connectivity index (χ1) is 9.79. The van der Waals surface area contributed by atoms with Gasteiger partial charge in [-0.05, 0) is 48.8 Å². The highest BCUT2D eigenvalue weighted by Gasteiger charge is 2.10. The van der Waals surface area contributed by atoms with Gasteiger partial charge in [0.25, 0.3) is 0 Å². The van der Waals surface area contributed by atoms with Crippen molar-refractivity contribution in [1.82, 2.24) is 0 Å². The smallest absolute Gasteiger partial charge is 0.0438 e. The second-order valence-electron chi connectivity index (χ2n) is 5.19. The van der Waals surface area contributed by atoms with Crippen molar-refractivity contribution in [3.8, 4) is 0 Å². The lowest BCUT2D eigenvalue weighted by Crippen LogP contribution is -2.07. The molecule has 0 heterocycles. The van der Waals surface area contributed by atoms with Crippen molar-refractivity contribution in [1.29, 1.82) is 0 Å². The summed E-state index contributed by atoms with van der Waals surface area (Å²) < 4.78 is 0. The molecule has 2 rings (SSSR count). The van der Waals surface area contributed by atoms with Gasteiger partial charge in [-0.25, -0.2) is 0 Å². The van der Waals surface area contributed by atoms with Crippen LogP contribution in [0.4, 0.5) is 0 Å². The number of benzene rings is 2. The van der Waals surface area contributed by atoms with E-state index in [2.05, 4.69) is 58.4 Å². The average molecular weight is 352 g/mol. The fourth-order valence-electron chi connectivity index (χ4n) is 2.45. The molecule has 0 fully saturated rings. The third kappa shape index (κ3) is 4.96. The fraction of sp³-hybridized carbons (Fsp3) is 0.333. The topological polar surface area (TPSA) is 0 Å². The number of alkyl halides is 1. The average Bonchev–Trinajstić information content (AvgIpc) is 2.49. The number of rotatable bonds is 7. The van der Waals surface area contributed by atoms with Crippen LogP contribution >= 0.6 is 27.5 Å². The quantitative estimate of drug-likeness (QED) is 0.543. The third-order valence-electron chi connectivity index (χ3n) is 3.61. The molecule has 0 aliphatic heterocycles. The lowest BCUT2D eigenvalue weighted by Gasteiger charge is -2.15. The van der Waals surface area contributed by atoms with E-state index in [-0.39, 0.29) is 0 Å². The second kappa shape index (κ2) is 8.49. The van der Waals surface area contributed by atoms with Crippen molar-refractivity contribution in [3.63, 3.8) is 0 Å². The van der Waals surface area contributed by atoms with Crippen LogP contribution in [0.2, 0.25) is 5.02 Å². The Kier molecular flexibility index (Phi) is 6.62. The summed E-state index contributed by atoms with van der Waals surface area (Å²) in [4.78, 5) is 0. The first-order valence-corrected chi connectivity index (χ1v) is 8.63.